The van der Waals surface area contributed by atoms with E-state index in [1.807, 2.05) is 20.3 Å². The summed E-state index contributed by atoms with van der Waals surface area (Å²) in [7, 11) is 4.04. The van der Waals surface area contributed by atoms with Gasteiger partial charge in [-0.25, -0.2) is 9.37 Å². The van der Waals surface area contributed by atoms with Crippen molar-refractivity contribution in [2.45, 2.75) is 19.4 Å². The molecule has 3 heterocycles. The Morgan fingerprint density at radius 3 is 2.74 bits per heavy atom. The third-order valence-corrected chi connectivity index (χ3v) is 5.03. The second-order valence-electron chi connectivity index (χ2n) is 7.37. The average molecular weight is 366 g/mol. The van der Waals surface area contributed by atoms with Gasteiger partial charge in [0.25, 0.3) is 5.91 Å². The van der Waals surface area contributed by atoms with Gasteiger partial charge in [0.05, 0.1) is 5.56 Å². The molecule has 2 aromatic heterocycles. The summed E-state index contributed by atoms with van der Waals surface area (Å²) in [5, 5.41) is 1.04. The van der Waals surface area contributed by atoms with Gasteiger partial charge in [0.2, 0.25) is 0 Å². The van der Waals surface area contributed by atoms with Crippen molar-refractivity contribution < 1.29 is 9.18 Å². The highest BCUT2D eigenvalue weighted by Crippen LogP contribution is 2.27. The number of hydrogen-bond donors (Lipinski definition) is 1. The molecule has 1 aliphatic rings. The van der Waals surface area contributed by atoms with Crippen LogP contribution in [0.25, 0.3) is 22.2 Å². The van der Waals surface area contributed by atoms with Crippen molar-refractivity contribution in [2.24, 2.45) is 0 Å². The SMILES string of the molecule is CN(C)Cc1c[nH]c2ncc(-c3ccc(F)c(C(=O)N4CCCC4)c3)cc12. The van der Waals surface area contributed by atoms with Crippen LogP contribution >= 0.6 is 0 Å². The van der Waals surface area contributed by atoms with Gasteiger partial charge in [0.1, 0.15) is 11.5 Å². The summed E-state index contributed by atoms with van der Waals surface area (Å²) in [5.41, 5.74) is 3.78. The molecule has 140 valence electrons. The van der Waals surface area contributed by atoms with Gasteiger partial charge < -0.3 is 14.8 Å². The number of H-pyrrole nitrogens is 1. The zero-order valence-electron chi connectivity index (χ0n) is 15.6. The summed E-state index contributed by atoms with van der Waals surface area (Å²) < 4.78 is 14.3. The maximum absolute atomic E-state index is 14.3. The molecule has 1 aromatic carbocycles. The standard InChI is InChI=1S/C21H23FN4O/c1-25(2)13-16-12-24-20-17(16)10-15(11-23-20)14-5-6-19(22)18(9-14)21(27)26-7-3-4-8-26/h5-6,9-12H,3-4,7-8,13H2,1-2H3,(H,23,24). The van der Waals surface area contributed by atoms with E-state index in [0.29, 0.717) is 13.1 Å². The van der Waals surface area contributed by atoms with Crippen molar-refractivity contribution in [1.29, 1.82) is 0 Å². The molecular weight excluding hydrogens is 343 g/mol. The fourth-order valence-corrected chi connectivity index (χ4v) is 3.65. The lowest BCUT2D eigenvalue weighted by molar-refractivity contribution is 0.0788. The number of carbonyl (C=O) groups is 1. The number of benzene rings is 1. The van der Waals surface area contributed by atoms with E-state index >= 15 is 0 Å². The number of nitrogens with one attached hydrogen (secondary N) is 1. The number of pyridine rings is 1. The van der Waals surface area contributed by atoms with E-state index < -0.39 is 5.82 Å². The number of likely N-dealkylation sites (tertiary alicyclic amines) is 1. The number of fused-ring (bicyclic) bond motifs is 1. The van der Waals surface area contributed by atoms with Crippen LogP contribution in [0.2, 0.25) is 0 Å². The Bertz CT molecular complexity index is 989. The molecule has 0 radical (unpaired) electrons. The fourth-order valence-electron chi connectivity index (χ4n) is 3.65. The number of rotatable bonds is 4. The van der Waals surface area contributed by atoms with Crippen molar-refractivity contribution in [3.63, 3.8) is 0 Å². The van der Waals surface area contributed by atoms with Gasteiger partial charge in [0, 0.05) is 43.0 Å². The Labute approximate surface area is 157 Å². The van der Waals surface area contributed by atoms with E-state index in [-0.39, 0.29) is 11.5 Å². The van der Waals surface area contributed by atoms with Crippen LogP contribution in [0.15, 0.2) is 36.7 Å². The lowest BCUT2D eigenvalue weighted by Crippen LogP contribution is -2.28. The van der Waals surface area contributed by atoms with Crippen LogP contribution in [-0.4, -0.2) is 52.9 Å². The Balaban J connectivity index is 1.72. The van der Waals surface area contributed by atoms with Crippen LogP contribution in [0.3, 0.4) is 0 Å². The maximum Gasteiger partial charge on any atom is 0.256 e. The van der Waals surface area contributed by atoms with Gasteiger partial charge in [-0.15, -0.1) is 0 Å². The lowest BCUT2D eigenvalue weighted by Gasteiger charge is -2.16. The van der Waals surface area contributed by atoms with Gasteiger partial charge in [-0.05, 0) is 56.3 Å². The van der Waals surface area contributed by atoms with Gasteiger partial charge in [-0.3, -0.25) is 4.79 Å². The van der Waals surface area contributed by atoms with Crippen LogP contribution in [0.5, 0.6) is 0 Å². The zero-order valence-corrected chi connectivity index (χ0v) is 15.6. The number of nitrogens with zero attached hydrogens (tertiary/aromatic N) is 3. The maximum atomic E-state index is 14.3. The first-order chi connectivity index (χ1) is 13.0. The quantitative estimate of drug-likeness (QED) is 0.767. The molecule has 3 aromatic rings. The molecule has 1 fully saturated rings. The third-order valence-electron chi connectivity index (χ3n) is 5.03. The van der Waals surface area contributed by atoms with E-state index in [0.717, 1.165) is 47.1 Å². The number of halogens is 1. The summed E-state index contributed by atoms with van der Waals surface area (Å²) in [6, 6.07) is 6.78. The summed E-state index contributed by atoms with van der Waals surface area (Å²) in [6.07, 6.45) is 5.69. The minimum Gasteiger partial charge on any atom is -0.346 e. The summed E-state index contributed by atoms with van der Waals surface area (Å²) in [6.45, 7) is 2.20. The Hall–Kier alpha value is -2.73. The molecule has 4 rings (SSSR count). The van der Waals surface area contributed by atoms with E-state index in [4.69, 9.17) is 0 Å². The smallest absolute Gasteiger partial charge is 0.256 e. The predicted octanol–water partition coefficient (Wildman–Crippen LogP) is 3.67. The molecule has 6 heteroatoms. The van der Waals surface area contributed by atoms with Crippen LogP contribution in [0.1, 0.15) is 28.8 Å². The average Bonchev–Trinajstić information content (AvgIpc) is 3.31. The first kappa shape index (κ1) is 17.7. The highest BCUT2D eigenvalue weighted by molar-refractivity contribution is 5.96. The van der Waals surface area contributed by atoms with E-state index in [9.17, 15) is 9.18 Å². The highest BCUT2D eigenvalue weighted by atomic mass is 19.1. The van der Waals surface area contributed by atoms with Crippen molar-refractivity contribution in [3.05, 3.63) is 53.6 Å². The number of carbonyl (C=O) groups excluding carboxylic acids is 1. The zero-order chi connectivity index (χ0) is 19.0. The topological polar surface area (TPSA) is 52.2 Å². The lowest BCUT2D eigenvalue weighted by atomic mass is 10.0. The Kier molecular flexibility index (Phi) is 4.66. The molecule has 27 heavy (non-hydrogen) atoms. The van der Waals surface area contributed by atoms with E-state index in [1.165, 1.54) is 6.07 Å². The summed E-state index contributed by atoms with van der Waals surface area (Å²) >= 11 is 0. The van der Waals surface area contributed by atoms with Crippen LogP contribution in [0, 0.1) is 5.82 Å². The normalized spacial score (nSPS) is 14.4. The Morgan fingerprint density at radius 2 is 2.00 bits per heavy atom. The van der Waals surface area contributed by atoms with Gasteiger partial charge in [0.15, 0.2) is 0 Å². The molecule has 1 saturated heterocycles. The van der Waals surface area contributed by atoms with Crippen LogP contribution in [0.4, 0.5) is 4.39 Å². The number of hydrogen-bond acceptors (Lipinski definition) is 3. The Morgan fingerprint density at radius 1 is 1.22 bits per heavy atom. The number of aromatic nitrogens is 2. The third kappa shape index (κ3) is 3.45. The summed E-state index contributed by atoms with van der Waals surface area (Å²) in [4.78, 5) is 24.2. The molecule has 0 aliphatic carbocycles. The fraction of sp³-hybridized carbons (Fsp3) is 0.333. The largest absolute Gasteiger partial charge is 0.346 e. The van der Waals surface area contributed by atoms with Gasteiger partial charge >= 0.3 is 0 Å². The van der Waals surface area contributed by atoms with Crippen molar-refractivity contribution in [1.82, 2.24) is 19.8 Å². The molecule has 1 aliphatic heterocycles. The van der Waals surface area contributed by atoms with E-state index in [1.54, 1.807) is 23.2 Å². The number of aromatic amines is 1. The molecule has 0 bridgehead atoms. The second kappa shape index (κ2) is 7.12. The van der Waals surface area contributed by atoms with Crippen molar-refractivity contribution >= 4 is 16.9 Å². The van der Waals surface area contributed by atoms with Crippen LogP contribution < -0.4 is 0 Å². The van der Waals surface area contributed by atoms with Gasteiger partial charge in [-0.2, -0.15) is 0 Å². The minimum atomic E-state index is -0.473. The molecule has 0 unspecified atom stereocenters. The molecule has 5 nitrogen and oxygen atoms in total. The molecule has 1 N–H and O–H groups in total. The molecule has 0 saturated carbocycles. The first-order valence-electron chi connectivity index (χ1n) is 9.23. The monoisotopic (exact) mass is 366 g/mol. The minimum absolute atomic E-state index is 0.136. The van der Waals surface area contributed by atoms with Crippen molar-refractivity contribution in [3.8, 4) is 11.1 Å². The van der Waals surface area contributed by atoms with Crippen LogP contribution in [-0.2, 0) is 6.54 Å². The number of amides is 1. The molecule has 0 spiro atoms. The second-order valence-corrected chi connectivity index (χ2v) is 7.37. The predicted molar refractivity (Wildman–Crippen MR) is 104 cm³/mol. The molecule has 1 amide bonds. The highest BCUT2D eigenvalue weighted by Gasteiger charge is 2.22. The van der Waals surface area contributed by atoms with E-state index in [2.05, 4.69) is 20.9 Å². The molecule has 0 atom stereocenters. The first-order valence-corrected chi connectivity index (χ1v) is 9.23. The van der Waals surface area contributed by atoms with Crippen molar-refractivity contribution in [2.75, 3.05) is 27.2 Å². The molecular formula is C21H23FN4O. The van der Waals surface area contributed by atoms with Gasteiger partial charge in [-0.1, -0.05) is 6.07 Å². The summed E-state index contributed by atoms with van der Waals surface area (Å²) in [5.74, 6) is -0.699.